The normalized spacial score (nSPS) is 16.7. The molecule has 3 rings (SSSR count). The number of benzene rings is 2. The predicted molar refractivity (Wildman–Crippen MR) is 121 cm³/mol. The third kappa shape index (κ3) is 6.20. The number of hydrogen-bond donors (Lipinski definition) is 1. The number of amides is 2. The van der Waals surface area contributed by atoms with E-state index in [1.807, 2.05) is 0 Å². The molecule has 12 heteroatoms. The van der Waals surface area contributed by atoms with E-state index in [1.54, 1.807) is 24.3 Å². The lowest BCUT2D eigenvalue weighted by atomic mass is 10.2. The molecular weight excluding hydrogens is 480 g/mol. The SMILES string of the molecule is CN=C(Nc1ccc(C(=O)OC)cc1)S[C@@H]1CC(=O)N(c2ccc(OC(F)(F)Cl)cc2)C1=O. The molecule has 1 aliphatic rings. The maximum absolute atomic E-state index is 12.9. The molecule has 1 atom stereocenters. The fourth-order valence-corrected chi connectivity index (χ4v) is 4.04. The van der Waals surface area contributed by atoms with Crippen molar-refractivity contribution in [1.29, 1.82) is 0 Å². The van der Waals surface area contributed by atoms with E-state index in [9.17, 15) is 23.2 Å². The Morgan fingerprint density at radius 1 is 1.18 bits per heavy atom. The highest BCUT2D eigenvalue weighted by Crippen LogP contribution is 2.33. The lowest BCUT2D eigenvalue weighted by Crippen LogP contribution is -2.31. The molecular formula is C21H18ClF2N3O5S. The summed E-state index contributed by atoms with van der Waals surface area (Å²) in [6.07, 6.45) is -0.0660. The van der Waals surface area contributed by atoms with Crippen LogP contribution in [-0.4, -0.2) is 47.9 Å². The van der Waals surface area contributed by atoms with E-state index < -0.39 is 28.6 Å². The third-order valence-electron chi connectivity index (χ3n) is 4.45. The Morgan fingerprint density at radius 2 is 1.82 bits per heavy atom. The van der Waals surface area contributed by atoms with E-state index in [2.05, 4.69) is 19.8 Å². The summed E-state index contributed by atoms with van der Waals surface area (Å²) in [5, 5.41) is 2.69. The van der Waals surface area contributed by atoms with Crippen molar-refractivity contribution in [1.82, 2.24) is 0 Å². The second kappa shape index (κ2) is 10.2. The van der Waals surface area contributed by atoms with Gasteiger partial charge < -0.3 is 14.8 Å². The van der Waals surface area contributed by atoms with Gasteiger partial charge in [-0.05, 0) is 48.5 Å². The Balaban J connectivity index is 1.66. The first-order valence-electron chi connectivity index (χ1n) is 9.42. The van der Waals surface area contributed by atoms with Gasteiger partial charge in [0.15, 0.2) is 5.17 Å². The van der Waals surface area contributed by atoms with Crippen LogP contribution < -0.4 is 15.0 Å². The number of thioether (sulfide) groups is 1. The fourth-order valence-electron chi connectivity index (χ4n) is 2.97. The molecule has 0 unspecified atom stereocenters. The number of nitrogens with zero attached hydrogens (tertiary/aromatic N) is 2. The van der Waals surface area contributed by atoms with Gasteiger partial charge in [-0.1, -0.05) is 11.8 Å². The molecule has 0 saturated carbocycles. The molecule has 0 spiro atoms. The predicted octanol–water partition coefficient (Wildman–Crippen LogP) is 4.10. The minimum atomic E-state index is -3.87. The first kappa shape index (κ1) is 24.5. The number of hydrogen-bond acceptors (Lipinski definition) is 7. The number of nitrogens with one attached hydrogen (secondary N) is 1. The van der Waals surface area contributed by atoms with Gasteiger partial charge in [-0.3, -0.25) is 14.6 Å². The lowest BCUT2D eigenvalue weighted by Gasteiger charge is -2.17. The third-order valence-corrected chi connectivity index (χ3v) is 5.69. The summed E-state index contributed by atoms with van der Waals surface area (Å²) < 4.78 is 34.4. The van der Waals surface area contributed by atoms with E-state index in [-0.39, 0.29) is 17.9 Å². The Morgan fingerprint density at radius 3 is 2.36 bits per heavy atom. The molecule has 2 aromatic carbocycles. The van der Waals surface area contributed by atoms with Crippen molar-refractivity contribution >= 4 is 57.7 Å². The summed E-state index contributed by atoms with van der Waals surface area (Å²) in [5.41, 5.74) is -2.65. The van der Waals surface area contributed by atoms with Crippen LogP contribution in [0.2, 0.25) is 0 Å². The molecule has 1 aliphatic heterocycles. The van der Waals surface area contributed by atoms with E-state index >= 15 is 0 Å². The minimum Gasteiger partial charge on any atom is -0.465 e. The lowest BCUT2D eigenvalue weighted by molar-refractivity contribution is -0.121. The van der Waals surface area contributed by atoms with Crippen molar-refractivity contribution in [3.05, 3.63) is 54.1 Å². The van der Waals surface area contributed by atoms with E-state index in [4.69, 9.17) is 11.6 Å². The molecule has 0 aliphatic carbocycles. The van der Waals surface area contributed by atoms with Crippen LogP contribution >= 0.6 is 23.4 Å². The molecule has 174 valence electrons. The molecule has 0 bridgehead atoms. The summed E-state index contributed by atoms with van der Waals surface area (Å²) in [7, 11) is 2.82. The summed E-state index contributed by atoms with van der Waals surface area (Å²) >= 11 is 5.81. The average molecular weight is 498 g/mol. The number of anilines is 2. The molecule has 2 amide bonds. The zero-order chi connectivity index (χ0) is 24.2. The van der Waals surface area contributed by atoms with Gasteiger partial charge in [0, 0.05) is 30.8 Å². The number of carbonyl (C=O) groups excluding carboxylic acids is 3. The van der Waals surface area contributed by atoms with Crippen molar-refractivity contribution in [2.24, 2.45) is 4.99 Å². The van der Waals surface area contributed by atoms with Gasteiger partial charge in [-0.25, -0.2) is 9.69 Å². The summed E-state index contributed by atoms with van der Waals surface area (Å²) in [6, 6.07) is 11.5. The maximum Gasteiger partial charge on any atom is 0.487 e. The maximum atomic E-state index is 12.9. The van der Waals surface area contributed by atoms with Crippen LogP contribution in [0, 0.1) is 0 Å². The quantitative estimate of drug-likeness (QED) is 0.211. The highest BCUT2D eigenvalue weighted by Gasteiger charge is 2.41. The van der Waals surface area contributed by atoms with Gasteiger partial charge in [0.1, 0.15) is 11.0 Å². The van der Waals surface area contributed by atoms with Crippen LogP contribution in [0.1, 0.15) is 16.8 Å². The number of halogens is 3. The van der Waals surface area contributed by atoms with Crippen molar-refractivity contribution in [2.45, 2.75) is 17.2 Å². The minimum absolute atomic E-state index is 0.0660. The number of aliphatic imine (C=N–C) groups is 1. The van der Waals surface area contributed by atoms with Gasteiger partial charge >= 0.3 is 11.5 Å². The molecule has 8 nitrogen and oxygen atoms in total. The molecule has 33 heavy (non-hydrogen) atoms. The Hall–Kier alpha value is -3.18. The van der Waals surface area contributed by atoms with Crippen LogP contribution in [0.5, 0.6) is 5.75 Å². The smallest absolute Gasteiger partial charge is 0.465 e. The molecule has 1 N–H and O–H groups in total. The standard InChI is InChI=1S/C21H18ClF2N3O5S/c1-25-20(26-13-5-3-12(4-6-13)19(30)31-2)33-16-11-17(28)27(18(16)29)14-7-9-15(10-8-14)32-21(22,23)24/h3-10,16H,11H2,1-2H3,(H,25,26)/t16-/m1/s1. The van der Waals surface area contributed by atoms with Crippen LogP contribution in [0.15, 0.2) is 53.5 Å². The Kier molecular flexibility index (Phi) is 7.54. The molecule has 1 saturated heterocycles. The number of amidine groups is 1. The van der Waals surface area contributed by atoms with Gasteiger partial charge in [0.05, 0.1) is 18.4 Å². The molecule has 0 aromatic heterocycles. The monoisotopic (exact) mass is 497 g/mol. The van der Waals surface area contributed by atoms with Crippen molar-refractivity contribution in [3.8, 4) is 5.75 Å². The topological polar surface area (TPSA) is 97.3 Å². The van der Waals surface area contributed by atoms with Gasteiger partial charge in [0.2, 0.25) is 11.8 Å². The zero-order valence-electron chi connectivity index (χ0n) is 17.4. The van der Waals surface area contributed by atoms with Crippen LogP contribution in [0.25, 0.3) is 0 Å². The van der Waals surface area contributed by atoms with Crippen LogP contribution in [0.3, 0.4) is 0 Å². The number of alkyl halides is 3. The van der Waals surface area contributed by atoms with Crippen molar-refractivity contribution < 1.29 is 32.6 Å². The highest BCUT2D eigenvalue weighted by atomic mass is 35.5. The number of rotatable bonds is 6. The highest BCUT2D eigenvalue weighted by molar-refractivity contribution is 8.15. The first-order valence-corrected chi connectivity index (χ1v) is 10.7. The molecule has 0 radical (unpaired) electrons. The van der Waals surface area contributed by atoms with E-state index in [0.29, 0.717) is 16.4 Å². The second-order valence-corrected chi connectivity index (χ2v) is 8.27. The zero-order valence-corrected chi connectivity index (χ0v) is 19.0. The Bertz CT molecular complexity index is 1070. The van der Waals surface area contributed by atoms with Crippen molar-refractivity contribution in [3.63, 3.8) is 0 Å². The second-order valence-electron chi connectivity index (χ2n) is 6.64. The average Bonchev–Trinajstić information content (AvgIpc) is 3.05. The number of carbonyl (C=O) groups is 3. The first-order chi connectivity index (χ1) is 15.6. The summed E-state index contributed by atoms with van der Waals surface area (Å²) in [4.78, 5) is 42.0. The van der Waals surface area contributed by atoms with Crippen LogP contribution in [0.4, 0.5) is 20.2 Å². The van der Waals surface area contributed by atoms with Gasteiger partial charge in [-0.2, -0.15) is 0 Å². The molecule has 1 heterocycles. The number of esters is 1. The van der Waals surface area contributed by atoms with Crippen LogP contribution in [-0.2, 0) is 14.3 Å². The van der Waals surface area contributed by atoms with Gasteiger partial charge in [0.25, 0.3) is 0 Å². The Labute approximate surface area is 196 Å². The van der Waals surface area contributed by atoms with Crippen molar-refractivity contribution in [2.75, 3.05) is 24.4 Å². The molecule has 2 aromatic rings. The van der Waals surface area contributed by atoms with Gasteiger partial charge in [-0.15, -0.1) is 8.78 Å². The number of methoxy groups -OCH3 is 1. The fraction of sp³-hybridized carbons (Fsp3) is 0.238. The van der Waals surface area contributed by atoms with E-state index in [0.717, 1.165) is 16.7 Å². The number of imide groups is 1. The largest absolute Gasteiger partial charge is 0.487 e. The number of ether oxygens (including phenoxy) is 2. The summed E-state index contributed by atoms with van der Waals surface area (Å²) in [5.74, 6) is -1.59. The molecule has 1 fully saturated rings. The van der Waals surface area contributed by atoms with E-state index in [1.165, 1.54) is 38.4 Å². The summed E-state index contributed by atoms with van der Waals surface area (Å²) in [6.45, 7) is 0.